The molecule has 1 heterocycles. The van der Waals surface area contributed by atoms with Gasteiger partial charge >= 0.3 is 0 Å². The van der Waals surface area contributed by atoms with Crippen molar-refractivity contribution in [1.29, 1.82) is 0 Å². The molecule has 15 heavy (non-hydrogen) atoms. The van der Waals surface area contributed by atoms with Gasteiger partial charge in [-0.1, -0.05) is 0 Å². The third-order valence-corrected chi connectivity index (χ3v) is 3.03. The van der Waals surface area contributed by atoms with E-state index in [1.165, 1.54) is 10.9 Å². The monoisotopic (exact) mass is 252 g/mol. The molecule has 0 saturated carbocycles. The number of rotatable bonds is 5. The van der Waals surface area contributed by atoms with Crippen LogP contribution in [0.15, 0.2) is 0 Å². The molecule has 1 unspecified atom stereocenters. The summed E-state index contributed by atoms with van der Waals surface area (Å²) in [4.78, 5) is 0. The maximum atomic E-state index is 10.9. The molecule has 0 radical (unpaired) electrons. The number of sulfone groups is 1. The van der Waals surface area contributed by atoms with Gasteiger partial charge in [-0.2, -0.15) is 0 Å². The van der Waals surface area contributed by atoms with Gasteiger partial charge in [0.25, 0.3) is 0 Å². The second-order valence-electron chi connectivity index (χ2n) is 3.36. The Morgan fingerprint density at radius 3 is 2.73 bits per heavy atom. The molecule has 8 heteroatoms. The highest BCUT2D eigenvalue weighted by atomic mass is 35.5. The van der Waals surface area contributed by atoms with E-state index in [4.69, 9.17) is 11.6 Å². The summed E-state index contributed by atoms with van der Waals surface area (Å²) in [5, 5.41) is 10.7. The minimum Gasteiger partial charge on any atom is -0.229 e. The Labute approximate surface area is 93.5 Å². The van der Waals surface area contributed by atoms with Crippen LogP contribution in [0.5, 0.6) is 0 Å². The van der Waals surface area contributed by atoms with Crippen LogP contribution in [0.3, 0.4) is 0 Å². The first-order valence-corrected chi connectivity index (χ1v) is 6.97. The normalized spacial score (nSPS) is 14.1. The van der Waals surface area contributed by atoms with E-state index >= 15 is 0 Å². The van der Waals surface area contributed by atoms with E-state index in [9.17, 15) is 8.42 Å². The molecule has 1 atom stereocenters. The molecule has 1 rings (SSSR count). The molecule has 1 aromatic heterocycles. The molecule has 0 aliphatic carbocycles. The van der Waals surface area contributed by atoms with Crippen molar-refractivity contribution in [2.24, 2.45) is 0 Å². The lowest BCUT2D eigenvalue weighted by molar-refractivity contribution is 0.547. The summed E-state index contributed by atoms with van der Waals surface area (Å²) in [6, 6.07) is 0. The van der Waals surface area contributed by atoms with Gasteiger partial charge in [-0.25, -0.2) is 13.1 Å². The van der Waals surface area contributed by atoms with Crippen molar-refractivity contribution in [3.05, 3.63) is 5.82 Å². The number of halogens is 1. The fourth-order valence-electron chi connectivity index (χ4n) is 1.13. The highest BCUT2D eigenvalue weighted by Gasteiger charge is 2.12. The molecule has 0 spiro atoms. The Kier molecular flexibility index (Phi) is 4.04. The third-order valence-electron chi connectivity index (χ3n) is 1.80. The van der Waals surface area contributed by atoms with Crippen LogP contribution >= 0.6 is 11.6 Å². The van der Waals surface area contributed by atoms with Crippen molar-refractivity contribution in [1.82, 2.24) is 20.2 Å². The average molecular weight is 253 g/mol. The zero-order valence-electron chi connectivity index (χ0n) is 8.59. The molecule has 0 N–H and O–H groups in total. The number of nitrogens with zero attached hydrogens (tertiary/aromatic N) is 4. The van der Waals surface area contributed by atoms with Crippen LogP contribution in [0.2, 0.25) is 0 Å². The van der Waals surface area contributed by atoms with E-state index in [-0.39, 0.29) is 11.1 Å². The van der Waals surface area contributed by atoms with Gasteiger partial charge in [0.15, 0.2) is 5.82 Å². The van der Waals surface area contributed by atoms with Crippen molar-refractivity contribution >= 4 is 21.4 Å². The molecule has 6 nitrogen and oxygen atoms in total. The first kappa shape index (κ1) is 12.4. The molecule has 1 aromatic rings. The lowest BCUT2D eigenvalue weighted by Gasteiger charge is -2.04. The van der Waals surface area contributed by atoms with E-state index in [2.05, 4.69) is 15.5 Å². The van der Waals surface area contributed by atoms with Gasteiger partial charge in [-0.3, -0.25) is 0 Å². The van der Waals surface area contributed by atoms with Crippen molar-refractivity contribution in [3.63, 3.8) is 0 Å². The van der Waals surface area contributed by atoms with Gasteiger partial charge in [-0.05, 0) is 23.8 Å². The maximum Gasteiger partial charge on any atom is 0.168 e. The average Bonchev–Trinajstić information content (AvgIpc) is 2.49. The topological polar surface area (TPSA) is 77.7 Å². The van der Waals surface area contributed by atoms with Crippen LogP contribution in [0.25, 0.3) is 0 Å². The molecule has 86 valence electrons. The lowest BCUT2D eigenvalue weighted by atomic mass is 10.4. The van der Waals surface area contributed by atoms with E-state index < -0.39 is 9.84 Å². The number of hydrogen-bond donors (Lipinski definition) is 0. The molecule has 0 aliphatic rings. The van der Waals surface area contributed by atoms with E-state index in [0.29, 0.717) is 18.8 Å². The molecular weight excluding hydrogens is 240 g/mol. The third kappa shape index (κ3) is 4.13. The van der Waals surface area contributed by atoms with Crippen molar-refractivity contribution in [3.8, 4) is 0 Å². The van der Waals surface area contributed by atoms with Crippen LogP contribution in [0, 0.1) is 0 Å². The van der Waals surface area contributed by atoms with Gasteiger partial charge in [0, 0.05) is 12.8 Å². The first-order valence-electron chi connectivity index (χ1n) is 4.48. The lowest BCUT2D eigenvalue weighted by Crippen LogP contribution is -2.11. The van der Waals surface area contributed by atoms with Gasteiger partial charge in [0.05, 0.1) is 11.1 Å². The number of aryl methyl sites for hydroxylation is 1. The molecule has 0 amide bonds. The second kappa shape index (κ2) is 4.89. The molecule has 0 bridgehead atoms. The summed E-state index contributed by atoms with van der Waals surface area (Å²) in [5.74, 6) is 0.688. The fourth-order valence-corrected chi connectivity index (χ4v) is 1.94. The zero-order chi connectivity index (χ0) is 11.5. The SMILES string of the molecule is CC(Cl)c1nnnn1CCCS(C)(=O)=O. The van der Waals surface area contributed by atoms with Crippen molar-refractivity contribution in [2.75, 3.05) is 12.0 Å². The summed E-state index contributed by atoms with van der Waals surface area (Å²) < 4.78 is 23.3. The number of hydrogen-bond acceptors (Lipinski definition) is 5. The minimum absolute atomic E-state index is 0.128. The van der Waals surface area contributed by atoms with Gasteiger partial charge < -0.3 is 0 Å². The Balaban J connectivity index is 2.54. The van der Waals surface area contributed by atoms with Gasteiger partial charge in [-0.15, -0.1) is 16.7 Å². The standard InChI is InChI=1S/C7H13ClN4O2S/c1-6(8)7-9-10-11-12(7)4-3-5-15(2,13)14/h6H,3-5H2,1-2H3. The van der Waals surface area contributed by atoms with Crippen molar-refractivity contribution in [2.45, 2.75) is 25.3 Å². The summed E-state index contributed by atoms with van der Waals surface area (Å²) >= 11 is 5.84. The van der Waals surface area contributed by atoms with Crippen LogP contribution < -0.4 is 0 Å². The smallest absolute Gasteiger partial charge is 0.168 e. The van der Waals surface area contributed by atoms with Crippen LogP contribution in [-0.4, -0.2) is 40.6 Å². The second-order valence-corrected chi connectivity index (χ2v) is 6.27. The van der Waals surface area contributed by atoms with Gasteiger partial charge in [0.1, 0.15) is 9.84 Å². The number of alkyl halides is 1. The van der Waals surface area contributed by atoms with E-state index in [1.54, 1.807) is 6.92 Å². The minimum atomic E-state index is -2.93. The first-order chi connectivity index (χ1) is 6.90. The van der Waals surface area contributed by atoms with Crippen LogP contribution in [0.4, 0.5) is 0 Å². The Bertz CT molecular complexity index is 414. The number of tetrazole rings is 1. The fraction of sp³-hybridized carbons (Fsp3) is 0.857. The Morgan fingerprint density at radius 1 is 1.53 bits per heavy atom. The van der Waals surface area contributed by atoms with Crippen molar-refractivity contribution < 1.29 is 8.42 Å². The Morgan fingerprint density at radius 2 is 2.20 bits per heavy atom. The Hall–Kier alpha value is -0.690. The molecule has 0 aliphatic heterocycles. The highest BCUT2D eigenvalue weighted by Crippen LogP contribution is 2.15. The quantitative estimate of drug-likeness (QED) is 0.710. The molecule has 0 fully saturated rings. The summed E-state index contributed by atoms with van der Waals surface area (Å²) in [6.07, 6.45) is 1.69. The summed E-state index contributed by atoms with van der Waals surface area (Å²) in [7, 11) is -2.93. The number of aromatic nitrogens is 4. The summed E-state index contributed by atoms with van der Waals surface area (Å²) in [6.45, 7) is 2.23. The largest absolute Gasteiger partial charge is 0.229 e. The highest BCUT2D eigenvalue weighted by molar-refractivity contribution is 7.90. The zero-order valence-corrected chi connectivity index (χ0v) is 10.2. The van der Waals surface area contributed by atoms with Gasteiger partial charge in [0.2, 0.25) is 0 Å². The van der Waals surface area contributed by atoms with Crippen LogP contribution in [-0.2, 0) is 16.4 Å². The predicted octanol–water partition coefficient (Wildman–Crippen LogP) is 0.408. The molecule has 0 saturated heterocycles. The van der Waals surface area contributed by atoms with E-state index in [0.717, 1.165) is 0 Å². The van der Waals surface area contributed by atoms with E-state index in [1.807, 2.05) is 0 Å². The predicted molar refractivity (Wildman–Crippen MR) is 56.4 cm³/mol. The molecule has 0 aromatic carbocycles. The summed E-state index contributed by atoms with van der Waals surface area (Å²) in [5.41, 5.74) is 0. The van der Waals surface area contributed by atoms with Crippen LogP contribution in [0.1, 0.15) is 24.5 Å². The molecular formula is C7H13ClN4O2S. The maximum absolute atomic E-state index is 10.9.